The fourth-order valence-electron chi connectivity index (χ4n) is 9.33. The Morgan fingerprint density at radius 2 is 1.90 bits per heavy atom. The van der Waals surface area contributed by atoms with Crippen LogP contribution in [0.4, 0.5) is 19.0 Å². The van der Waals surface area contributed by atoms with Crippen molar-refractivity contribution in [2.45, 2.75) is 82.6 Å². The van der Waals surface area contributed by atoms with Crippen molar-refractivity contribution in [3.8, 4) is 35.4 Å². The van der Waals surface area contributed by atoms with Gasteiger partial charge in [-0.25, -0.2) is 17.7 Å². The van der Waals surface area contributed by atoms with Crippen molar-refractivity contribution in [1.29, 1.82) is 0 Å². The molecule has 4 aliphatic rings. The first-order valence-corrected chi connectivity index (χ1v) is 21.4. The standard InChI is InChI=1S/C41H46F3N6O7P/c1-4-30-33(43)13-10-25-17-29(51)18-31(35(25)30)37-36(44)38-32(20-45-37)39(47-40(46-38)55-24-41-14-8-15-49(41)21-26(42)19-41)48-22-27-11-12-28(23-48)50(27)58(53,56-6-3)57-16-7-9-34(52)54-5-2/h1,10,13,17-18,20,26-28,51H,5-9,11-12,14-16,19,21-24H2,2-3H3/t26-,27?,28?,41+,58?/m1/s1. The summed E-state index contributed by atoms with van der Waals surface area (Å²) in [6.45, 7) is 5.73. The monoisotopic (exact) mass is 822 g/mol. The lowest BCUT2D eigenvalue weighted by Crippen LogP contribution is -2.53. The van der Waals surface area contributed by atoms with E-state index in [1.54, 1.807) is 13.8 Å². The third kappa shape index (κ3) is 7.36. The van der Waals surface area contributed by atoms with E-state index in [2.05, 4.69) is 20.8 Å². The smallest absolute Gasteiger partial charge is 0.408 e. The lowest BCUT2D eigenvalue weighted by atomic mass is 9.95. The van der Waals surface area contributed by atoms with Crippen LogP contribution in [-0.4, -0.2) is 112 Å². The van der Waals surface area contributed by atoms with Crippen LogP contribution in [0.1, 0.15) is 64.4 Å². The topological polar surface area (TPSA) is 140 Å². The van der Waals surface area contributed by atoms with Gasteiger partial charge < -0.3 is 19.5 Å². The highest BCUT2D eigenvalue weighted by Crippen LogP contribution is 2.59. The van der Waals surface area contributed by atoms with E-state index in [1.807, 2.05) is 9.57 Å². The lowest BCUT2D eigenvalue weighted by Gasteiger charge is -2.43. The van der Waals surface area contributed by atoms with Crippen molar-refractivity contribution in [2.24, 2.45) is 0 Å². The van der Waals surface area contributed by atoms with Gasteiger partial charge in [-0.05, 0) is 76.1 Å². The van der Waals surface area contributed by atoms with Crippen LogP contribution in [-0.2, 0) is 23.1 Å². The average Bonchev–Trinajstić information content (AvgIpc) is 3.82. The van der Waals surface area contributed by atoms with E-state index in [0.717, 1.165) is 19.4 Å². The Morgan fingerprint density at radius 3 is 2.64 bits per heavy atom. The number of piperazine rings is 1. The lowest BCUT2D eigenvalue weighted by molar-refractivity contribution is -0.143. The summed E-state index contributed by atoms with van der Waals surface area (Å²) in [6.07, 6.45) is 9.90. The minimum Gasteiger partial charge on any atom is -0.508 e. The highest BCUT2D eigenvalue weighted by atomic mass is 31.2. The average molecular weight is 823 g/mol. The minimum absolute atomic E-state index is 0.0340. The first-order chi connectivity index (χ1) is 28.0. The third-order valence-electron chi connectivity index (χ3n) is 11.7. The Labute approximate surface area is 334 Å². The molecule has 1 N–H and O–H groups in total. The highest BCUT2D eigenvalue weighted by Gasteiger charge is 2.52. The predicted molar refractivity (Wildman–Crippen MR) is 210 cm³/mol. The van der Waals surface area contributed by atoms with Crippen LogP contribution in [0.2, 0.25) is 0 Å². The van der Waals surface area contributed by atoms with Gasteiger partial charge in [0, 0.05) is 61.7 Å². The molecule has 17 heteroatoms. The molecule has 0 spiro atoms. The second kappa shape index (κ2) is 16.3. The van der Waals surface area contributed by atoms with Crippen molar-refractivity contribution in [3.63, 3.8) is 0 Å². The van der Waals surface area contributed by atoms with Crippen molar-refractivity contribution in [1.82, 2.24) is 24.5 Å². The van der Waals surface area contributed by atoms with E-state index in [9.17, 15) is 18.9 Å². The second-order valence-corrected chi connectivity index (χ2v) is 17.2. The first kappa shape index (κ1) is 40.3. The number of fused-ring (bicyclic) bond motifs is 5. The van der Waals surface area contributed by atoms with Crippen LogP contribution in [0.25, 0.3) is 32.9 Å². The van der Waals surface area contributed by atoms with Crippen LogP contribution >= 0.6 is 7.75 Å². The maximum Gasteiger partial charge on any atom is 0.408 e. The van der Waals surface area contributed by atoms with E-state index in [1.165, 1.54) is 30.5 Å². The van der Waals surface area contributed by atoms with Gasteiger partial charge in [-0.3, -0.25) is 23.7 Å². The molecule has 4 aliphatic heterocycles. The summed E-state index contributed by atoms with van der Waals surface area (Å²) in [5, 5.41) is 11.5. The number of esters is 1. The van der Waals surface area contributed by atoms with E-state index in [0.29, 0.717) is 56.5 Å². The zero-order valence-corrected chi connectivity index (χ0v) is 33.4. The number of terminal acetylenes is 1. The number of benzene rings is 2. The van der Waals surface area contributed by atoms with Gasteiger partial charge in [0.1, 0.15) is 41.4 Å². The Morgan fingerprint density at radius 1 is 1.10 bits per heavy atom. The third-order valence-corrected chi connectivity index (χ3v) is 14.0. The van der Waals surface area contributed by atoms with Crippen LogP contribution in [0.5, 0.6) is 11.8 Å². The van der Waals surface area contributed by atoms with Gasteiger partial charge in [0.25, 0.3) is 0 Å². The zero-order valence-electron chi connectivity index (χ0n) is 32.5. The molecule has 2 bridgehead atoms. The number of rotatable bonds is 14. The van der Waals surface area contributed by atoms with Crippen molar-refractivity contribution >= 4 is 41.2 Å². The predicted octanol–water partition coefficient (Wildman–Crippen LogP) is 6.92. The summed E-state index contributed by atoms with van der Waals surface area (Å²) < 4.78 is 86.2. The molecule has 0 radical (unpaired) electrons. The number of carbonyl (C=O) groups is 1. The van der Waals surface area contributed by atoms with Gasteiger partial charge in [0.05, 0.1) is 36.3 Å². The van der Waals surface area contributed by atoms with Crippen LogP contribution in [0, 0.1) is 24.0 Å². The van der Waals surface area contributed by atoms with Crippen LogP contribution < -0.4 is 9.64 Å². The van der Waals surface area contributed by atoms with Gasteiger partial charge in [-0.2, -0.15) is 14.6 Å². The number of anilines is 1. The molecule has 308 valence electrons. The van der Waals surface area contributed by atoms with Gasteiger partial charge >= 0.3 is 19.7 Å². The summed E-state index contributed by atoms with van der Waals surface area (Å²) in [5.74, 6) is 0.584. The van der Waals surface area contributed by atoms with Crippen molar-refractivity contribution < 1.29 is 46.2 Å². The molecular formula is C41H46F3N6O7P. The fraction of sp³-hybridized carbons (Fsp3) is 0.512. The number of halogens is 3. The Kier molecular flexibility index (Phi) is 11.3. The first-order valence-electron chi connectivity index (χ1n) is 19.9. The number of aromatic nitrogens is 3. The van der Waals surface area contributed by atoms with E-state index >= 15 is 8.78 Å². The molecule has 4 fully saturated rings. The molecule has 4 aromatic rings. The van der Waals surface area contributed by atoms with Crippen molar-refractivity contribution in [2.75, 3.05) is 57.5 Å². The summed E-state index contributed by atoms with van der Waals surface area (Å²) in [4.78, 5) is 29.9. The molecule has 8 rings (SSSR count). The Bertz CT molecular complexity index is 2320. The van der Waals surface area contributed by atoms with Gasteiger partial charge in [-0.15, -0.1) is 6.42 Å². The molecule has 3 unspecified atom stereocenters. The number of hydrogen-bond donors (Lipinski definition) is 1. The van der Waals surface area contributed by atoms with Crippen molar-refractivity contribution in [3.05, 3.63) is 47.7 Å². The number of ether oxygens (including phenoxy) is 2. The minimum atomic E-state index is -3.79. The van der Waals surface area contributed by atoms with E-state index in [-0.39, 0.29) is 95.8 Å². The normalized spacial score (nSPS) is 24.3. The summed E-state index contributed by atoms with van der Waals surface area (Å²) in [7, 11) is -3.79. The summed E-state index contributed by atoms with van der Waals surface area (Å²) in [6, 6.07) is 4.62. The summed E-state index contributed by atoms with van der Waals surface area (Å²) in [5.41, 5.74) is -0.909. The number of phenols is 1. The largest absolute Gasteiger partial charge is 0.508 e. The number of phenolic OH excluding ortho intramolecular Hbond substituents is 1. The molecule has 6 heterocycles. The summed E-state index contributed by atoms with van der Waals surface area (Å²) >= 11 is 0. The Balaban J connectivity index is 1.16. The molecule has 2 aromatic heterocycles. The molecule has 2 aromatic carbocycles. The van der Waals surface area contributed by atoms with Crippen LogP contribution in [0.15, 0.2) is 30.5 Å². The van der Waals surface area contributed by atoms with Gasteiger partial charge in [0.15, 0.2) is 5.82 Å². The molecule has 0 saturated carbocycles. The second-order valence-electron chi connectivity index (χ2n) is 15.3. The SMILES string of the molecule is C#Cc1c(F)ccc2cc(O)cc(-c3ncc4c(N5CC6CCC(C5)N6P(=O)(OCC)OCCCC(=O)OCC)nc(OC[C@@]56CCCN5C[C@H](F)C6)nc4c3F)c12. The maximum atomic E-state index is 17.2. The Hall–Kier alpha value is -4.52. The van der Waals surface area contributed by atoms with E-state index in [4.69, 9.17) is 29.9 Å². The number of hydrogen-bond acceptors (Lipinski definition) is 12. The number of nitrogens with zero attached hydrogens (tertiary/aromatic N) is 6. The highest BCUT2D eigenvalue weighted by molar-refractivity contribution is 7.51. The number of pyridine rings is 1. The zero-order chi connectivity index (χ0) is 40.8. The fourth-order valence-corrected chi connectivity index (χ4v) is 11.5. The molecule has 4 saturated heterocycles. The molecular weight excluding hydrogens is 776 g/mol. The van der Waals surface area contributed by atoms with E-state index < -0.39 is 31.1 Å². The maximum absolute atomic E-state index is 17.2. The quantitative estimate of drug-likeness (QED) is 0.0610. The van der Waals surface area contributed by atoms with Crippen LogP contribution in [0.3, 0.4) is 0 Å². The number of carbonyl (C=O) groups excluding carboxylic acids is 1. The number of alkyl halides is 1. The van der Waals surface area contributed by atoms with Gasteiger partial charge in [0.2, 0.25) is 0 Å². The van der Waals surface area contributed by atoms with Gasteiger partial charge in [-0.1, -0.05) is 12.0 Å². The molecule has 0 aliphatic carbocycles. The molecule has 5 atom stereocenters. The molecule has 58 heavy (non-hydrogen) atoms. The number of aromatic hydroxyl groups is 1. The molecule has 13 nitrogen and oxygen atoms in total. The molecule has 0 amide bonds.